The van der Waals surface area contributed by atoms with Crippen molar-refractivity contribution in [2.24, 2.45) is 5.92 Å². The van der Waals surface area contributed by atoms with Gasteiger partial charge in [0.1, 0.15) is 0 Å². The van der Waals surface area contributed by atoms with Crippen molar-refractivity contribution in [1.82, 2.24) is 14.8 Å². The van der Waals surface area contributed by atoms with E-state index in [1.165, 1.54) is 5.56 Å². The van der Waals surface area contributed by atoms with Crippen molar-refractivity contribution in [2.45, 2.75) is 32.9 Å². The highest BCUT2D eigenvalue weighted by Gasteiger charge is 2.43. The van der Waals surface area contributed by atoms with Gasteiger partial charge in [-0.15, -0.1) is 0 Å². The fourth-order valence-corrected chi connectivity index (χ4v) is 4.44. The van der Waals surface area contributed by atoms with Crippen LogP contribution in [-0.4, -0.2) is 46.4 Å². The van der Waals surface area contributed by atoms with Gasteiger partial charge in [0.05, 0.1) is 0 Å². The number of hydrogen-bond acceptors (Lipinski definition) is 3. The first-order chi connectivity index (χ1) is 12.1. The van der Waals surface area contributed by atoms with Crippen LogP contribution in [0.2, 0.25) is 0 Å². The van der Waals surface area contributed by atoms with E-state index in [9.17, 15) is 4.79 Å². The molecule has 4 heteroatoms. The molecule has 0 bridgehead atoms. The third-order valence-corrected chi connectivity index (χ3v) is 5.48. The zero-order chi connectivity index (χ0) is 17.4. The molecule has 0 N–H and O–H groups in total. The second kappa shape index (κ2) is 6.60. The summed E-state index contributed by atoms with van der Waals surface area (Å²) in [6.07, 6.45) is 4.86. The number of aromatic nitrogens is 1. The molecule has 2 aliphatic rings. The van der Waals surface area contributed by atoms with E-state index in [-0.39, 0.29) is 5.91 Å². The molecule has 4 rings (SSSR count). The van der Waals surface area contributed by atoms with Gasteiger partial charge in [-0.25, -0.2) is 0 Å². The summed E-state index contributed by atoms with van der Waals surface area (Å²) in [5.74, 6) is 0.800. The average molecular weight is 335 g/mol. The quantitative estimate of drug-likeness (QED) is 0.865. The van der Waals surface area contributed by atoms with E-state index in [1.54, 1.807) is 0 Å². The highest BCUT2D eigenvalue weighted by Crippen LogP contribution is 2.33. The van der Waals surface area contributed by atoms with Crippen LogP contribution in [0, 0.1) is 19.8 Å². The Labute approximate surface area is 149 Å². The SMILES string of the molecule is Cc1cc(C)cc(C(=O)N2CC[C@H]3CN(Cc4cccnc4)C[C@H]32)c1. The van der Waals surface area contributed by atoms with Gasteiger partial charge in [0.15, 0.2) is 0 Å². The minimum absolute atomic E-state index is 0.197. The molecule has 2 aromatic rings. The highest BCUT2D eigenvalue weighted by atomic mass is 16.2. The number of nitrogens with zero attached hydrogens (tertiary/aromatic N) is 3. The van der Waals surface area contributed by atoms with Crippen LogP contribution in [0.25, 0.3) is 0 Å². The standard InChI is InChI=1S/C21H25N3O/c1-15-8-16(2)10-19(9-15)21(25)24-7-5-18-13-23(14-20(18)24)12-17-4-3-6-22-11-17/h3-4,6,8-11,18,20H,5,7,12-14H2,1-2H3/t18-,20+/m0/s1. The van der Waals surface area contributed by atoms with Gasteiger partial charge in [-0.1, -0.05) is 23.3 Å². The molecule has 4 nitrogen and oxygen atoms in total. The van der Waals surface area contributed by atoms with Crippen molar-refractivity contribution in [1.29, 1.82) is 0 Å². The van der Waals surface area contributed by atoms with Gasteiger partial charge >= 0.3 is 0 Å². The average Bonchev–Trinajstić information content (AvgIpc) is 3.14. The lowest BCUT2D eigenvalue weighted by molar-refractivity contribution is 0.0726. The number of aryl methyl sites for hydroxylation is 2. The summed E-state index contributed by atoms with van der Waals surface area (Å²) in [6.45, 7) is 7.98. The van der Waals surface area contributed by atoms with Crippen molar-refractivity contribution in [3.63, 3.8) is 0 Å². The molecule has 1 aromatic carbocycles. The molecule has 0 unspecified atom stereocenters. The molecule has 2 aliphatic heterocycles. The summed E-state index contributed by atoms with van der Waals surface area (Å²) >= 11 is 0. The van der Waals surface area contributed by atoms with E-state index in [2.05, 4.69) is 40.8 Å². The Kier molecular flexibility index (Phi) is 4.30. The monoisotopic (exact) mass is 335 g/mol. The Bertz CT molecular complexity index is 754. The zero-order valence-electron chi connectivity index (χ0n) is 15.0. The first-order valence-corrected chi connectivity index (χ1v) is 9.10. The number of carbonyl (C=O) groups is 1. The Morgan fingerprint density at radius 2 is 2.00 bits per heavy atom. The molecule has 0 aliphatic carbocycles. The fraction of sp³-hybridized carbons (Fsp3) is 0.429. The Balaban J connectivity index is 1.47. The number of rotatable bonds is 3. The molecular weight excluding hydrogens is 310 g/mol. The molecule has 1 aromatic heterocycles. The molecule has 130 valence electrons. The molecule has 0 spiro atoms. The third kappa shape index (κ3) is 3.31. The fourth-order valence-electron chi connectivity index (χ4n) is 4.44. The molecule has 0 radical (unpaired) electrons. The lowest BCUT2D eigenvalue weighted by atomic mass is 10.0. The topological polar surface area (TPSA) is 36.4 Å². The molecule has 25 heavy (non-hydrogen) atoms. The van der Waals surface area contributed by atoms with E-state index < -0.39 is 0 Å². The van der Waals surface area contributed by atoms with Gasteiger partial charge in [-0.2, -0.15) is 0 Å². The van der Waals surface area contributed by atoms with E-state index in [1.807, 2.05) is 30.6 Å². The van der Waals surface area contributed by atoms with E-state index in [0.717, 1.165) is 49.3 Å². The van der Waals surface area contributed by atoms with Crippen LogP contribution in [0.5, 0.6) is 0 Å². The summed E-state index contributed by atoms with van der Waals surface area (Å²) in [5, 5.41) is 0. The smallest absolute Gasteiger partial charge is 0.254 e. The summed E-state index contributed by atoms with van der Waals surface area (Å²) in [5.41, 5.74) is 4.39. The minimum atomic E-state index is 0.197. The third-order valence-electron chi connectivity index (χ3n) is 5.48. The van der Waals surface area contributed by atoms with Crippen molar-refractivity contribution in [3.05, 3.63) is 65.0 Å². The Hall–Kier alpha value is -2.20. The number of pyridine rings is 1. The number of amides is 1. The molecule has 2 atom stereocenters. The predicted octanol–water partition coefficient (Wildman–Crippen LogP) is 3.04. The van der Waals surface area contributed by atoms with E-state index >= 15 is 0 Å². The number of likely N-dealkylation sites (tertiary alicyclic amines) is 2. The van der Waals surface area contributed by atoms with Crippen LogP contribution in [0.3, 0.4) is 0 Å². The Morgan fingerprint density at radius 3 is 2.72 bits per heavy atom. The molecular formula is C21H25N3O. The molecule has 0 saturated carbocycles. The first kappa shape index (κ1) is 16.3. The minimum Gasteiger partial charge on any atom is -0.334 e. The number of carbonyl (C=O) groups excluding carboxylic acids is 1. The molecule has 2 fully saturated rings. The maximum Gasteiger partial charge on any atom is 0.254 e. The second-order valence-electron chi connectivity index (χ2n) is 7.55. The maximum atomic E-state index is 13.1. The normalized spacial score (nSPS) is 23.0. The summed E-state index contributed by atoms with van der Waals surface area (Å²) in [6, 6.07) is 10.6. The van der Waals surface area contributed by atoms with Gasteiger partial charge in [0.2, 0.25) is 0 Å². The van der Waals surface area contributed by atoms with Gasteiger partial charge in [0.25, 0.3) is 5.91 Å². The van der Waals surface area contributed by atoms with Crippen molar-refractivity contribution in [3.8, 4) is 0 Å². The molecule has 3 heterocycles. The number of hydrogen-bond donors (Lipinski definition) is 0. The van der Waals surface area contributed by atoms with E-state index in [4.69, 9.17) is 0 Å². The van der Waals surface area contributed by atoms with Crippen LogP contribution in [0.15, 0.2) is 42.7 Å². The van der Waals surface area contributed by atoms with Crippen molar-refractivity contribution >= 4 is 5.91 Å². The predicted molar refractivity (Wildman–Crippen MR) is 98.4 cm³/mol. The number of benzene rings is 1. The second-order valence-corrected chi connectivity index (χ2v) is 7.55. The zero-order valence-corrected chi connectivity index (χ0v) is 15.0. The van der Waals surface area contributed by atoms with Crippen molar-refractivity contribution in [2.75, 3.05) is 19.6 Å². The van der Waals surface area contributed by atoms with Gasteiger partial charge < -0.3 is 4.90 Å². The summed E-state index contributed by atoms with van der Waals surface area (Å²) in [7, 11) is 0. The lowest BCUT2D eigenvalue weighted by Gasteiger charge is -2.25. The van der Waals surface area contributed by atoms with Crippen LogP contribution in [-0.2, 0) is 6.54 Å². The summed E-state index contributed by atoms with van der Waals surface area (Å²) < 4.78 is 0. The first-order valence-electron chi connectivity index (χ1n) is 9.10. The highest BCUT2D eigenvalue weighted by molar-refractivity contribution is 5.95. The largest absolute Gasteiger partial charge is 0.334 e. The van der Waals surface area contributed by atoms with Crippen LogP contribution < -0.4 is 0 Å². The molecule has 2 saturated heterocycles. The number of fused-ring (bicyclic) bond motifs is 1. The van der Waals surface area contributed by atoms with Gasteiger partial charge in [0, 0.05) is 50.2 Å². The lowest BCUT2D eigenvalue weighted by Crippen LogP contribution is -2.39. The maximum absolute atomic E-state index is 13.1. The van der Waals surface area contributed by atoms with E-state index in [0.29, 0.717) is 12.0 Å². The molecule has 1 amide bonds. The van der Waals surface area contributed by atoms with Crippen LogP contribution >= 0.6 is 0 Å². The van der Waals surface area contributed by atoms with Crippen LogP contribution in [0.4, 0.5) is 0 Å². The van der Waals surface area contributed by atoms with Crippen molar-refractivity contribution < 1.29 is 4.79 Å². The van der Waals surface area contributed by atoms with Gasteiger partial charge in [-0.05, 0) is 49.9 Å². The Morgan fingerprint density at radius 1 is 1.20 bits per heavy atom. The summed E-state index contributed by atoms with van der Waals surface area (Å²) in [4.78, 5) is 21.8. The van der Waals surface area contributed by atoms with Gasteiger partial charge in [-0.3, -0.25) is 14.7 Å². The van der Waals surface area contributed by atoms with Crippen LogP contribution in [0.1, 0.15) is 33.5 Å².